The van der Waals surface area contributed by atoms with E-state index in [1.807, 2.05) is 12.3 Å². The highest BCUT2D eigenvalue weighted by molar-refractivity contribution is 7.00. The topological polar surface area (TPSA) is 22.6 Å². The van der Waals surface area contributed by atoms with Crippen LogP contribution in [0.25, 0.3) is 11.3 Å². The van der Waals surface area contributed by atoms with Crippen molar-refractivity contribution in [3.05, 3.63) is 204 Å². The predicted octanol–water partition coefficient (Wildman–Crippen LogP) is 13.7. The van der Waals surface area contributed by atoms with E-state index in [2.05, 4.69) is 234 Å². The molecular formula is C61H57BN4. The zero-order valence-corrected chi connectivity index (χ0v) is 39.5. The van der Waals surface area contributed by atoms with E-state index in [0.717, 1.165) is 35.5 Å². The summed E-state index contributed by atoms with van der Waals surface area (Å²) in [4.78, 5) is 12.7. The number of hydrogen-bond acceptors (Lipinski definition) is 4. The number of fused-ring (bicyclic) bond motifs is 9. The Balaban J connectivity index is 1.19. The lowest BCUT2D eigenvalue weighted by molar-refractivity contribution is 0.245. The summed E-state index contributed by atoms with van der Waals surface area (Å²) in [5, 5.41) is 0. The van der Waals surface area contributed by atoms with Crippen LogP contribution in [0.15, 0.2) is 176 Å². The van der Waals surface area contributed by atoms with Gasteiger partial charge in [0, 0.05) is 62.7 Å². The lowest BCUT2D eigenvalue weighted by atomic mass is 9.33. The molecule has 2 unspecified atom stereocenters. The minimum absolute atomic E-state index is 0.0191. The maximum atomic E-state index is 4.84. The molecule has 5 heteroatoms. The first-order valence-electron chi connectivity index (χ1n) is 23.9. The lowest BCUT2D eigenvalue weighted by Crippen LogP contribution is -2.61. The number of aryl methyl sites for hydroxylation is 1. The SMILES string of the molecule is CC(C)(C)c1ccc(N2c3ccc(C(C)(C)C)cc3B3c4ccccc4N(c4ccccc4)c4cc(N5c6ccc(-c7ccccn7)cc6C6(C)CCc7ccccc7C56C)cc2c43)cc1. The number of aromatic nitrogens is 1. The Morgan fingerprint density at radius 3 is 1.83 bits per heavy atom. The van der Waals surface area contributed by atoms with Gasteiger partial charge in [0.15, 0.2) is 0 Å². The summed E-state index contributed by atoms with van der Waals surface area (Å²) < 4.78 is 0. The summed E-state index contributed by atoms with van der Waals surface area (Å²) in [5.41, 5.74) is 22.1. The van der Waals surface area contributed by atoms with Gasteiger partial charge in [-0.05, 0) is 148 Å². The van der Waals surface area contributed by atoms with E-state index in [1.54, 1.807) is 0 Å². The Hall–Kier alpha value is -6.85. The van der Waals surface area contributed by atoms with Gasteiger partial charge in [-0.25, -0.2) is 0 Å². The maximum absolute atomic E-state index is 4.84. The quantitative estimate of drug-likeness (QED) is 0.165. The fourth-order valence-electron chi connectivity index (χ4n) is 12.2. The first kappa shape index (κ1) is 40.6. The number of benzene rings is 7. The Kier molecular flexibility index (Phi) is 8.82. The van der Waals surface area contributed by atoms with E-state index in [0.29, 0.717) is 0 Å². The molecule has 7 aromatic carbocycles. The van der Waals surface area contributed by atoms with Gasteiger partial charge in [-0.2, -0.15) is 0 Å². The van der Waals surface area contributed by atoms with Crippen molar-refractivity contribution in [2.24, 2.45) is 0 Å². The molecule has 0 N–H and O–H groups in total. The average molecular weight is 857 g/mol. The van der Waals surface area contributed by atoms with Crippen molar-refractivity contribution in [2.75, 3.05) is 14.7 Å². The highest BCUT2D eigenvalue weighted by atomic mass is 15.3. The molecule has 0 bridgehead atoms. The molecule has 0 amide bonds. The van der Waals surface area contributed by atoms with Crippen LogP contribution in [0, 0.1) is 0 Å². The summed E-state index contributed by atoms with van der Waals surface area (Å²) in [7, 11) is 0. The van der Waals surface area contributed by atoms with Gasteiger partial charge in [-0.1, -0.05) is 146 Å². The van der Waals surface area contributed by atoms with E-state index in [1.165, 1.54) is 78.3 Å². The first-order chi connectivity index (χ1) is 31.8. The Labute approximate surface area is 391 Å². The highest BCUT2D eigenvalue weighted by Gasteiger charge is 2.60. The molecule has 3 aliphatic heterocycles. The summed E-state index contributed by atoms with van der Waals surface area (Å²) >= 11 is 0. The minimum Gasteiger partial charge on any atom is -0.330 e. The van der Waals surface area contributed by atoms with Crippen LogP contribution < -0.4 is 31.1 Å². The number of nitrogens with zero attached hydrogens (tertiary/aromatic N) is 4. The van der Waals surface area contributed by atoms with Gasteiger partial charge in [0.05, 0.1) is 11.2 Å². The second-order valence-electron chi connectivity index (χ2n) is 21.6. The van der Waals surface area contributed by atoms with Crippen LogP contribution in [0.3, 0.4) is 0 Å². The van der Waals surface area contributed by atoms with E-state index in [4.69, 9.17) is 4.98 Å². The van der Waals surface area contributed by atoms with Gasteiger partial charge in [0.2, 0.25) is 0 Å². The third-order valence-electron chi connectivity index (χ3n) is 15.8. The van der Waals surface area contributed by atoms with Crippen molar-refractivity contribution in [2.45, 2.75) is 90.0 Å². The highest BCUT2D eigenvalue weighted by Crippen LogP contribution is 2.65. The van der Waals surface area contributed by atoms with Gasteiger partial charge in [0.1, 0.15) is 0 Å². The molecule has 1 aliphatic carbocycles. The molecule has 4 heterocycles. The van der Waals surface area contributed by atoms with Crippen molar-refractivity contribution in [3.8, 4) is 11.3 Å². The molecule has 0 saturated carbocycles. The number of hydrogen-bond donors (Lipinski definition) is 0. The monoisotopic (exact) mass is 856 g/mol. The van der Waals surface area contributed by atoms with Crippen LogP contribution in [0.1, 0.15) is 89.6 Å². The number of anilines is 8. The van der Waals surface area contributed by atoms with Crippen LogP contribution in [0.2, 0.25) is 0 Å². The van der Waals surface area contributed by atoms with E-state index < -0.39 is 5.54 Å². The Morgan fingerprint density at radius 2 is 1.12 bits per heavy atom. The zero-order chi connectivity index (χ0) is 45.3. The van der Waals surface area contributed by atoms with Crippen LogP contribution in [-0.2, 0) is 28.2 Å². The number of para-hydroxylation sites is 2. The zero-order valence-electron chi connectivity index (χ0n) is 39.5. The number of rotatable bonds is 4. The third kappa shape index (κ3) is 5.81. The van der Waals surface area contributed by atoms with Crippen LogP contribution in [0.5, 0.6) is 0 Å². The Bertz CT molecular complexity index is 3220. The lowest BCUT2D eigenvalue weighted by Gasteiger charge is -2.52. The summed E-state index contributed by atoms with van der Waals surface area (Å²) in [6, 6.07) is 64.6. The first-order valence-corrected chi connectivity index (χ1v) is 23.9. The largest absolute Gasteiger partial charge is 0.330 e. The van der Waals surface area contributed by atoms with E-state index >= 15 is 0 Å². The van der Waals surface area contributed by atoms with Gasteiger partial charge >= 0.3 is 0 Å². The van der Waals surface area contributed by atoms with Crippen molar-refractivity contribution in [3.63, 3.8) is 0 Å². The summed E-state index contributed by atoms with van der Waals surface area (Å²) in [5.74, 6) is 0. The Morgan fingerprint density at radius 1 is 0.500 bits per heavy atom. The summed E-state index contributed by atoms with van der Waals surface area (Å²) in [6.45, 7) is 19.0. The van der Waals surface area contributed by atoms with Crippen LogP contribution in [-0.4, -0.2) is 11.7 Å². The molecular weight excluding hydrogens is 800 g/mol. The summed E-state index contributed by atoms with van der Waals surface area (Å²) in [6.07, 6.45) is 3.98. The molecule has 12 rings (SSSR count). The third-order valence-corrected chi connectivity index (χ3v) is 15.8. The second-order valence-corrected chi connectivity index (χ2v) is 21.6. The average Bonchev–Trinajstić information content (AvgIpc) is 3.54. The molecule has 324 valence electrons. The molecule has 8 aromatic rings. The molecule has 66 heavy (non-hydrogen) atoms. The molecule has 4 aliphatic rings. The van der Waals surface area contributed by atoms with Crippen molar-refractivity contribution < 1.29 is 0 Å². The standard InChI is InChI=1S/C61H57BN4/c1-58(2,3)42-26-29-45(30-27-42)65-54-32-28-43(59(4,5)6)37-50(54)62-49-22-14-15-24-53(49)64(44-19-10-9-11-20-44)55-38-46(39-56(65)57(55)62)66-52-31-25-41(51-23-16-17-35-63-51)36-48(52)60(7)34-33-40-18-12-13-21-47(40)61(60,66)8/h9-32,35-39H,33-34H2,1-8H3. The fraction of sp³-hybridized carbons (Fsp3) is 0.230. The molecule has 0 saturated heterocycles. The van der Waals surface area contributed by atoms with E-state index in [-0.39, 0.29) is 23.0 Å². The van der Waals surface area contributed by atoms with E-state index in [9.17, 15) is 0 Å². The van der Waals surface area contributed by atoms with Crippen molar-refractivity contribution >= 4 is 68.6 Å². The molecule has 2 atom stereocenters. The van der Waals surface area contributed by atoms with Crippen LogP contribution >= 0.6 is 0 Å². The van der Waals surface area contributed by atoms with Crippen molar-refractivity contribution in [1.29, 1.82) is 0 Å². The predicted molar refractivity (Wildman–Crippen MR) is 279 cm³/mol. The number of pyridine rings is 1. The molecule has 0 fully saturated rings. The smallest absolute Gasteiger partial charge is 0.252 e. The normalized spacial score (nSPS) is 19.1. The van der Waals surface area contributed by atoms with Gasteiger partial charge in [-0.3, -0.25) is 4.98 Å². The second kappa shape index (κ2) is 14.3. The minimum atomic E-state index is -0.412. The molecule has 0 radical (unpaired) electrons. The van der Waals surface area contributed by atoms with Crippen molar-refractivity contribution in [1.82, 2.24) is 4.98 Å². The molecule has 1 aromatic heterocycles. The van der Waals surface area contributed by atoms with Crippen LogP contribution in [0.4, 0.5) is 45.5 Å². The molecule has 4 nitrogen and oxygen atoms in total. The van der Waals surface area contributed by atoms with Gasteiger partial charge < -0.3 is 14.7 Å². The molecule has 0 spiro atoms. The van der Waals surface area contributed by atoms with Gasteiger partial charge in [-0.15, -0.1) is 0 Å². The fourth-order valence-corrected chi connectivity index (χ4v) is 12.2. The maximum Gasteiger partial charge on any atom is 0.252 e. The van der Waals surface area contributed by atoms with Gasteiger partial charge in [0.25, 0.3) is 6.71 Å².